The molecule has 0 saturated carbocycles. The van der Waals surface area contributed by atoms with Crippen molar-refractivity contribution in [3.63, 3.8) is 0 Å². The zero-order chi connectivity index (χ0) is 16.3. The Morgan fingerprint density at radius 3 is 2.23 bits per heavy atom. The highest BCUT2D eigenvalue weighted by Crippen LogP contribution is 2.26. The van der Waals surface area contributed by atoms with Crippen molar-refractivity contribution >= 4 is 23.0 Å². The number of hydrogen-bond donors (Lipinski definition) is 1. The Morgan fingerprint density at radius 1 is 1.05 bits per heavy atom. The maximum atomic E-state index is 12.3. The quantitative estimate of drug-likeness (QED) is 0.870. The summed E-state index contributed by atoms with van der Waals surface area (Å²) in [6.45, 7) is 2.20. The van der Waals surface area contributed by atoms with E-state index in [1.54, 1.807) is 0 Å². The predicted molar refractivity (Wildman–Crippen MR) is 77.1 cm³/mol. The van der Waals surface area contributed by atoms with Gasteiger partial charge in [-0.1, -0.05) is 29.8 Å². The van der Waals surface area contributed by atoms with Crippen LogP contribution in [0.2, 0.25) is 0 Å². The minimum atomic E-state index is -4.93. The molecule has 0 spiro atoms. The van der Waals surface area contributed by atoms with Crippen LogP contribution in [0.25, 0.3) is 0 Å². The molecule has 0 aliphatic heterocycles. The molecule has 0 atom stereocenters. The van der Waals surface area contributed by atoms with E-state index in [2.05, 4.69) is 5.32 Å². The molecule has 1 aromatic heterocycles. The Labute approximate surface area is 128 Å². The van der Waals surface area contributed by atoms with Gasteiger partial charge in [-0.05, 0) is 24.6 Å². The molecule has 0 fully saturated rings. The molecule has 2 aromatic rings. The highest BCUT2D eigenvalue weighted by Gasteiger charge is 2.40. The fourth-order valence-corrected chi connectivity index (χ4v) is 2.58. The maximum absolute atomic E-state index is 12.3. The summed E-state index contributed by atoms with van der Waals surface area (Å²) in [6.07, 6.45) is -4.93. The lowest BCUT2D eigenvalue weighted by Gasteiger charge is -2.04. The minimum absolute atomic E-state index is 0.0692. The molecule has 2 rings (SSSR count). The molecule has 7 heteroatoms. The third-order valence-corrected chi connectivity index (χ3v) is 3.97. The number of Topliss-reactive ketones (excluding diaryl/α,β-unsaturated/α-hetero) is 1. The Morgan fingerprint density at radius 2 is 1.64 bits per heavy atom. The number of alkyl halides is 3. The fraction of sp³-hybridized carbons (Fsp3) is 0.200. The number of amides is 1. The van der Waals surface area contributed by atoms with Crippen LogP contribution in [0.15, 0.2) is 36.4 Å². The van der Waals surface area contributed by atoms with Gasteiger partial charge in [0.05, 0.1) is 9.75 Å². The van der Waals surface area contributed by atoms with E-state index >= 15 is 0 Å². The molecule has 0 aliphatic rings. The average molecular weight is 327 g/mol. The Kier molecular flexibility index (Phi) is 4.65. The van der Waals surface area contributed by atoms with Crippen molar-refractivity contribution in [2.45, 2.75) is 19.6 Å². The summed E-state index contributed by atoms with van der Waals surface area (Å²) in [5.74, 6) is -2.44. The molecule has 1 amide bonds. The first-order valence-corrected chi connectivity index (χ1v) is 7.14. The number of halogens is 3. The SMILES string of the molecule is Cc1ccc(CNC(=O)c2ccc(C(=O)C(F)(F)F)s2)cc1. The third-order valence-electron chi connectivity index (χ3n) is 2.88. The molecule has 0 saturated heterocycles. The van der Waals surface area contributed by atoms with Crippen molar-refractivity contribution in [3.05, 3.63) is 57.3 Å². The highest BCUT2D eigenvalue weighted by molar-refractivity contribution is 7.16. The van der Waals surface area contributed by atoms with Gasteiger partial charge in [0.1, 0.15) is 0 Å². The van der Waals surface area contributed by atoms with Gasteiger partial charge in [-0.15, -0.1) is 11.3 Å². The van der Waals surface area contributed by atoms with Crippen LogP contribution in [-0.2, 0) is 6.54 Å². The highest BCUT2D eigenvalue weighted by atomic mass is 32.1. The second-order valence-electron chi connectivity index (χ2n) is 4.66. The topological polar surface area (TPSA) is 46.2 Å². The van der Waals surface area contributed by atoms with Crippen molar-refractivity contribution in [2.75, 3.05) is 0 Å². The number of benzene rings is 1. The number of ketones is 1. The summed E-state index contributed by atoms with van der Waals surface area (Å²) in [7, 11) is 0. The zero-order valence-corrected chi connectivity index (χ0v) is 12.3. The fourth-order valence-electron chi connectivity index (χ4n) is 1.70. The van der Waals surface area contributed by atoms with Crippen LogP contribution in [0.5, 0.6) is 0 Å². The molecule has 1 aromatic carbocycles. The number of nitrogens with one attached hydrogen (secondary N) is 1. The molecule has 116 valence electrons. The largest absolute Gasteiger partial charge is 0.455 e. The number of hydrogen-bond acceptors (Lipinski definition) is 3. The van der Waals surface area contributed by atoms with Crippen LogP contribution in [-0.4, -0.2) is 17.9 Å². The standard InChI is InChI=1S/C15H12F3NO2S/c1-9-2-4-10(5-3-9)8-19-14(21)12-7-6-11(22-12)13(20)15(16,17)18/h2-7H,8H2,1H3,(H,19,21). The summed E-state index contributed by atoms with van der Waals surface area (Å²) < 4.78 is 36.9. The van der Waals surface area contributed by atoms with Gasteiger partial charge in [0, 0.05) is 6.54 Å². The van der Waals surface area contributed by atoms with E-state index in [1.165, 1.54) is 6.07 Å². The zero-order valence-electron chi connectivity index (χ0n) is 11.5. The van der Waals surface area contributed by atoms with E-state index in [0.29, 0.717) is 11.3 Å². The maximum Gasteiger partial charge on any atom is 0.455 e. The van der Waals surface area contributed by atoms with Crippen LogP contribution >= 0.6 is 11.3 Å². The average Bonchev–Trinajstić information content (AvgIpc) is 2.94. The Hall–Kier alpha value is -2.15. The van der Waals surface area contributed by atoms with Gasteiger partial charge in [0.15, 0.2) is 0 Å². The van der Waals surface area contributed by atoms with Gasteiger partial charge in [-0.3, -0.25) is 9.59 Å². The van der Waals surface area contributed by atoms with Crippen molar-refractivity contribution in [2.24, 2.45) is 0 Å². The lowest BCUT2D eigenvalue weighted by atomic mass is 10.1. The predicted octanol–water partition coefficient (Wildman–Crippen LogP) is 3.73. The number of thiophene rings is 1. The van der Waals surface area contributed by atoms with Crippen LogP contribution < -0.4 is 5.32 Å². The molecular weight excluding hydrogens is 315 g/mol. The number of carbonyl (C=O) groups is 2. The lowest BCUT2D eigenvalue weighted by molar-refractivity contribution is -0.0882. The first kappa shape index (κ1) is 16.2. The number of aryl methyl sites for hydroxylation is 1. The minimum Gasteiger partial charge on any atom is -0.347 e. The summed E-state index contributed by atoms with van der Waals surface area (Å²) in [5, 5.41) is 2.60. The van der Waals surface area contributed by atoms with Crippen molar-refractivity contribution in [3.8, 4) is 0 Å². The molecule has 1 heterocycles. The van der Waals surface area contributed by atoms with Crippen LogP contribution in [0, 0.1) is 6.92 Å². The van der Waals surface area contributed by atoms with Crippen LogP contribution in [0.1, 0.15) is 30.5 Å². The van der Waals surface area contributed by atoms with E-state index in [9.17, 15) is 22.8 Å². The van der Waals surface area contributed by atoms with Crippen LogP contribution in [0.4, 0.5) is 13.2 Å². The van der Waals surface area contributed by atoms with Gasteiger partial charge in [0.25, 0.3) is 11.7 Å². The van der Waals surface area contributed by atoms with Gasteiger partial charge in [-0.25, -0.2) is 0 Å². The van der Waals surface area contributed by atoms with Gasteiger partial charge in [0.2, 0.25) is 0 Å². The molecule has 0 radical (unpaired) electrons. The smallest absolute Gasteiger partial charge is 0.347 e. The first-order chi connectivity index (χ1) is 10.3. The second-order valence-corrected chi connectivity index (χ2v) is 5.74. The molecule has 0 aliphatic carbocycles. The monoisotopic (exact) mass is 327 g/mol. The van der Waals surface area contributed by atoms with E-state index in [-0.39, 0.29) is 11.4 Å². The molecule has 0 unspecified atom stereocenters. The first-order valence-electron chi connectivity index (χ1n) is 6.32. The Bertz CT molecular complexity index is 690. The molecule has 1 N–H and O–H groups in total. The van der Waals surface area contributed by atoms with E-state index in [0.717, 1.165) is 17.2 Å². The van der Waals surface area contributed by atoms with Gasteiger partial charge >= 0.3 is 6.18 Å². The summed E-state index contributed by atoms with van der Waals surface area (Å²) in [4.78, 5) is 22.5. The number of carbonyl (C=O) groups excluding carboxylic acids is 2. The van der Waals surface area contributed by atoms with Gasteiger partial charge < -0.3 is 5.32 Å². The summed E-state index contributed by atoms with van der Waals surface area (Å²) in [6, 6.07) is 9.72. The van der Waals surface area contributed by atoms with E-state index in [4.69, 9.17) is 0 Å². The normalized spacial score (nSPS) is 11.3. The van der Waals surface area contributed by atoms with Crippen molar-refractivity contribution < 1.29 is 22.8 Å². The van der Waals surface area contributed by atoms with Crippen molar-refractivity contribution in [1.82, 2.24) is 5.32 Å². The third kappa shape index (κ3) is 3.94. The van der Waals surface area contributed by atoms with E-state index in [1.807, 2.05) is 31.2 Å². The van der Waals surface area contributed by atoms with Crippen molar-refractivity contribution in [1.29, 1.82) is 0 Å². The Balaban J connectivity index is 2.00. The molecule has 0 bridgehead atoms. The lowest BCUT2D eigenvalue weighted by Crippen LogP contribution is -2.22. The number of rotatable bonds is 4. The summed E-state index contributed by atoms with van der Waals surface area (Å²) >= 11 is 0.532. The second kappa shape index (κ2) is 6.31. The summed E-state index contributed by atoms with van der Waals surface area (Å²) in [5.41, 5.74) is 1.96. The van der Waals surface area contributed by atoms with Gasteiger partial charge in [-0.2, -0.15) is 13.2 Å². The molecule has 3 nitrogen and oxygen atoms in total. The van der Waals surface area contributed by atoms with E-state index < -0.39 is 22.7 Å². The molecule has 22 heavy (non-hydrogen) atoms. The van der Waals surface area contributed by atoms with Crippen LogP contribution in [0.3, 0.4) is 0 Å². The molecular formula is C15H12F3NO2S.